The molecule has 3 nitrogen and oxygen atoms in total. The number of likely N-dealkylation sites (tertiary alicyclic amines) is 1. The Bertz CT molecular complexity index is 113. The molecule has 0 bridgehead atoms. The van der Waals surface area contributed by atoms with Gasteiger partial charge in [-0.3, -0.25) is 4.79 Å². The summed E-state index contributed by atoms with van der Waals surface area (Å²) in [6.07, 6.45) is 0.524. The second kappa shape index (κ2) is 1.74. The summed E-state index contributed by atoms with van der Waals surface area (Å²) in [4.78, 5) is 12.3. The van der Waals surface area contributed by atoms with E-state index in [-0.39, 0.29) is 11.9 Å². The van der Waals surface area contributed by atoms with Crippen LogP contribution in [0.25, 0.3) is 0 Å². The standard InChI is InChI=1S/C5H10N2O/c1-7-3-4(6)2-5(7)8/h4H,2-3,6H2,1H3. The van der Waals surface area contributed by atoms with Crippen LogP contribution in [0.1, 0.15) is 6.42 Å². The maximum atomic E-state index is 10.6. The van der Waals surface area contributed by atoms with Gasteiger partial charge in [-0.2, -0.15) is 0 Å². The SMILES string of the molecule is CN1CC(N)CC1=O. The van der Waals surface area contributed by atoms with Gasteiger partial charge >= 0.3 is 0 Å². The minimum atomic E-state index is 0.0764. The van der Waals surface area contributed by atoms with E-state index in [0.717, 1.165) is 6.54 Å². The second-order valence-electron chi connectivity index (χ2n) is 2.24. The Labute approximate surface area is 48.5 Å². The molecule has 1 fully saturated rings. The Kier molecular flexibility index (Phi) is 1.21. The van der Waals surface area contributed by atoms with Crippen molar-refractivity contribution in [2.45, 2.75) is 12.5 Å². The number of rotatable bonds is 0. The third kappa shape index (κ3) is 0.816. The maximum Gasteiger partial charge on any atom is 0.223 e. The van der Waals surface area contributed by atoms with Gasteiger partial charge in [0.25, 0.3) is 0 Å². The predicted molar refractivity (Wildman–Crippen MR) is 30.2 cm³/mol. The molecular weight excluding hydrogens is 104 g/mol. The molecule has 1 unspecified atom stereocenters. The molecule has 0 saturated carbocycles. The molecule has 0 radical (unpaired) electrons. The van der Waals surface area contributed by atoms with Gasteiger partial charge in [-0.25, -0.2) is 0 Å². The van der Waals surface area contributed by atoms with E-state index in [4.69, 9.17) is 5.73 Å². The van der Waals surface area contributed by atoms with Crippen molar-refractivity contribution in [3.8, 4) is 0 Å². The average molecular weight is 114 g/mol. The van der Waals surface area contributed by atoms with Crippen LogP contribution in [0.15, 0.2) is 0 Å². The average Bonchev–Trinajstić information content (AvgIpc) is 1.85. The Hall–Kier alpha value is -0.570. The fourth-order valence-corrected chi connectivity index (χ4v) is 0.898. The zero-order chi connectivity index (χ0) is 6.15. The number of carbonyl (C=O) groups excluding carboxylic acids is 1. The molecular formula is C5H10N2O. The monoisotopic (exact) mass is 114 g/mol. The van der Waals surface area contributed by atoms with Crippen molar-refractivity contribution >= 4 is 5.91 Å². The van der Waals surface area contributed by atoms with E-state index in [1.807, 2.05) is 0 Å². The lowest BCUT2D eigenvalue weighted by molar-refractivity contribution is -0.126. The molecule has 0 aromatic rings. The summed E-state index contributed by atoms with van der Waals surface area (Å²) in [6, 6.07) is 0.0764. The molecule has 0 aliphatic carbocycles. The third-order valence-corrected chi connectivity index (χ3v) is 1.37. The normalized spacial score (nSPS) is 29.5. The lowest BCUT2D eigenvalue weighted by atomic mass is 10.3. The van der Waals surface area contributed by atoms with Crippen molar-refractivity contribution in [3.63, 3.8) is 0 Å². The van der Waals surface area contributed by atoms with Crippen LogP contribution in [0.4, 0.5) is 0 Å². The van der Waals surface area contributed by atoms with Crippen molar-refractivity contribution in [2.75, 3.05) is 13.6 Å². The smallest absolute Gasteiger partial charge is 0.223 e. The van der Waals surface area contributed by atoms with E-state index in [2.05, 4.69) is 0 Å². The highest BCUT2D eigenvalue weighted by Gasteiger charge is 2.22. The molecule has 2 N–H and O–H groups in total. The van der Waals surface area contributed by atoms with Crippen molar-refractivity contribution in [3.05, 3.63) is 0 Å². The van der Waals surface area contributed by atoms with Gasteiger partial charge in [0, 0.05) is 26.1 Å². The van der Waals surface area contributed by atoms with Gasteiger partial charge in [-0.15, -0.1) is 0 Å². The molecule has 0 spiro atoms. The van der Waals surface area contributed by atoms with Crippen molar-refractivity contribution in [2.24, 2.45) is 5.73 Å². The van der Waals surface area contributed by atoms with Crippen LogP contribution in [0.3, 0.4) is 0 Å². The van der Waals surface area contributed by atoms with E-state index in [9.17, 15) is 4.79 Å². The molecule has 1 amide bonds. The second-order valence-corrected chi connectivity index (χ2v) is 2.24. The highest BCUT2D eigenvalue weighted by atomic mass is 16.2. The van der Waals surface area contributed by atoms with Crippen LogP contribution in [0.5, 0.6) is 0 Å². The minimum absolute atomic E-state index is 0.0764. The summed E-state index contributed by atoms with van der Waals surface area (Å²) < 4.78 is 0. The summed E-state index contributed by atoms with van der Waals surface area (Å²) in [6.45, 7) is 0.721. The molecule has 0 aromatic carbocycles. The van der Waals surface area contributed by atoms with Crippen molar-refractivity contribution < 1.29 is 4.79 Å². The van der Waals surface area contributed by atoms with Crippen LogP contribution >= 0.6 is 0 Å². The quantitative estimate of drug-likeness (QED) is 0.447. The summed E-state index contributed by atoms with van der Waals surface area (Å²) >= 11 is 0. The van der Waals surface area contributed by atoms with Gasteiger partial charge in [0.2, 0.25) is 5.91 Å². The molecule has 1 atom stereocenters. The molecule has 3 heteroatoms. The molecule has 8 heavy (non-hydrogen) atoms. The largest absolute Gasteiger partial charge is 0.344 e. The summed E-state index contributed by atoms with van der Waals surface area (Å²) in [5, 5.41) is 0. The molecule has 1 heterocycles. The van der Waals surface area contributed by atoms with Gasteiger partial charge in [0.05, 0.1) is 0 Å². The first kappa shape index (κ1) is 5.56. The summed E-state index contributed by atoms with van der Waals surface area (Å²) in [5.74, 6) is 0.164. The lowest BCUT2D eigenvalue weighted by Crippen LogP contribution is -2.24. The summed E-state index contributed by atoms with van der Waals surface area (Å²) in [5.41, 5.74) is 5.45. The number of amides is 1. The molecule has 1 aliphatic heterocycles. The van der Waals surface area contributed by atoms with E-state index in [0.29, 0.717) is 6.42 Å². The van der Waals surface area contributed by atoms with Crippen LogP contribution in [-0.4, -0.2) is 30.4 Å². The van der Waals surface area contributed by atoms with Gasteiger partial charge < -0.3 is 10.6 Å². The zero-order valence-corrected chi connectivity index (χ0v) is 4.92. The van der Waals surface area contributed by atoms with E-state index in [1.165, 1.54) is 0 Å². The Morgan fingerprint density at radius 3 is 2.62 bits per heavy atom. The van der Waals surface area contributed by atoms with Crippen molar-refractivity contribution in [1.82, 2.24) is 4.90 Å². The van der Waals surface area contributed by atoms with Gasteiger partial charge in [-0.1, -0.05) is 0 Å². The first-order valence-corrected chi connectivity index (χ1v) is 2.69. The molecule has 0 aromatic heterocycles. The Morgan fingerprint density at radius 1 is 1.88 bits per heavy atom. The number of hydrogen-bond acceptors (Lipinski definition) is 2. The van der Waals surface area contributed by atoms with Crippen LogP contribution in [0.2, 0.25) is 0 Å². The van der Waals surface area contributed by atoms with E-state index in [1.54, 1.807) is 11.9 Å². The predicted octanol–water partition coefficient (Wildman–Crippen LogP) is -0.824. The van der Waals surface area contributed by atoms with E-state index >= 15 is 0 Å². The fourth-order valence-electron chi connectivity index (χ4n) is 0.898. The van der Waals surface area contributed by atoms with Crippen LogP contribution in [-0.2, 0) is 4.79 Å². The number of nitrogens with zero attached hydrogens (tertiary/aromatic N) is 1. The van der Waals surface area contributed by atoms with Crippen LogP contribution < -0.4 is 5.73 Å². The third-order valence-electron chi connectivity index (χ3n) is 1.37. The topological polar surface area (TPSA) is 46.3 Å². The fraction of sp³-hybridized carbons (Fsp3) is 0.800. The first-order chi connectivity index (χ1) is 3.70. The minimum Gasteiger partial charge on any atom is -0.344 e. The Morgan fingerprint density at radius 2 is 2.50 bits per heavy atom. The molecule has 1 rings (SSSR count). The summed E-state index contributed by atoms with van der Waals surface area (Å²) in [7, 11) is 1.77. The molecule has 1 saturated heterocycles. The van der Waals surface area contributed by atoms with E-state index < -0.39 is 0 Å². The van der Waals surface area contributed by atoms with Gasteiger partial charge in [0.15, 0.2) is 0 Å². The Balaban J connectivity index is 2.51. The highest BCUT2D eigenvalue weighted by Crippen LogP contribution is 2.04. The van der Waals surface area contributed by atoms with Crippen molar-refractivity contribution in [1.29, 1.82) is 0 Å². The molecule has 1 aliphatic rings. The zero-order valence-electron chi connectivity index (χ0n) is 4.92. The number of carbonyl (C=O) groups is 1. The van der Waals surface area contributed by atoms with Gasteiger partial charge in [-0.05, 0) is 0 Å². The lowest BCUT2D eigenvalue weighted by Gasteiger charge is -2.04. The van der Waals surface area contributed by atoms with Crippen LogP contribution in [0, 0.1) is 0 Å². The first-order valence-electron chi connectivity index (χ1n) is 2.69. The number of nitrogens with two attached hydrogens (primary N) is 1. The molecule has 46 valence electrons. The highest BCUT2D eigenvalue weighted by molar-refractivity contribution is 5.78. The van der Waals surface area contributed by atoms with Gasteiger partial charge in [0.1, 0.15) is 0 Å². The maximum absolute atomic E-state index is 10.6. The number of likely N-dealkylation sites (N-methyl/N-ethyl adjacent to an activating group) is 1. The number of hydrogen-bond donors (Lipinski definition) is 1.